The van der Waals surface area contributed by atoms with Gasteiger partial charge < -0.3 is 15.0 Å². The summed E-state index contributed by atoms with van der Waals surface area (Å²) in [5.41, 5.74) is 0. The molecule has 0 aromatic rings. The topological polar surface area (TPSA) is 24.5 Å². The van der Waals surface area contributed by atoms with E-state index in [1.807, 2.05) is 0 Å². The third-order valence-electron chi connectivity index (χ3n) is 3.62. The Morgan fingerprint density at radius 1 is 1.35 bits per heavy atom. The fourth-order valence-electron chi connectivity index (χ4n) is 2.30. The van der Waals surface area contributed by atoms with Crippen molar-refractivity contribution in [3.05, 3.63) is 0 Å². The zero-order valence-corrected chi connectivity index (χ0v) is 12.0. The van der Waals surface area contributed by atoms with E-state index in [0.717, 1.165) is 19.7 Å². The van der Waals surface area contributed by atoms with Gasteiger partial charge in [0.05, 0.1) is 6.10 Å². The van der Waals surface area contributed by atoms with Crippen molar-refractivity contribution in [1.29, 1.82) is 0 Å². The van der Waals surface area contributed by atoms with E-state index in [9.17, 15) is 0 Å². The summed E-state index contributed by atoms with van der Waals surface area (Å²) in [6, 6.07) is 1.27. The first kappa shape index (κ1) is 14.9. The minimum Gasteiger partial charge on any atom is -0.377 e. The molecule has 2 unspecified atom stereocenters. The van der Waals surface area contributed by atoms with Gasteiger partial charge in [-0.2, -0.15) is 0 Å². The highest BCUT2D eigenvalue weighted by Crippen LogP contribution is 2.14. The number of hydrogen-bond acceptors (Lipinski definition) is 3. The highest BCUT2D eigenvalue weighted by Gasteiger charge is 2.19. The highest BCUT2D eigenvalue weighted by atomic mass is 16.5. The Bertz CT molecular complexity index is 191. The first-order chi connectivity index (χ1) is 8.09. The van der Waals surface area contributed by atoms with Crippen LogP contribution in [0.2, 0.25) is 0 Å². The normalized spacial score (nSPS) is 22.6. The Morgan fingerprint density at radius 3 is 2.71 bits per heavy atom. The van der Waals surface area contributed by atoms with Crippen LogP contribution in [0.25, 0.3) is 0 Å². The molecule has 0 bridgehead atoms. The second-order valence-electron chi connectivity index (χ2n) is 5.67. The average molecular weight is 242 g/mol. The summed E-state index contributed by atoms with van der Waals surface area (Å²) >= 11 is 0. The van der Waals surface area contributed by atoms with Gasteiger partial charge in [0.1, 0.15) is 0 Å². The van der Waals surface area contributed by atoms with E-state index in [4.69, 9.17) is 4.74 Å². The SMILES string of the molecule is CC(C)NCCCC(C)N(C)CC1CCCO1. The predicted molar refractivity (Wildman–Crippen MR) is 73.4 cm³/mol. The molecule has 3 heteroatoms. The fourth-order valence-corrected chi connectivity index (χ4v) is 2.30. The first-order valence-corrected chi connectivity index (χ1v) is 7.15. The van der Waals surface area contributed by atoms with Gasteiger partial charge in [-0.3, -0.25) is 0 Å². The molecule has 0 aromatic carbocycles. The zero-order chi connectivity index (χ0) is 12.7. The lowest BCUT2D eigenvalue weighted by atomic mass is 10.1. The monoisotopic (exact) mass is 242 g/mol. The maximum absolute atomic E-state index is 5.68. The van der Waals surface area contributed by atoms with Crippen LogP contribution in [-0.2, 0) is 4.74 Å². The molecule has 1 rings (SSSR count). The number of ether oxygens (including phenoxy) is 1. The minimum atomic E-state index is 0.483. The molecule has 102 valence electrons. The van der Waals surface area contributed by atoms with E-state index in [2.05, 4.69) is 38.0 Å². The molecule has 1 aliphatic heterocycles. The Hall–Kier alpha value is -0.120. The molecule has 17 heavy (non-hydrogen) atoms. The van der Waals surface area contributed by atoms with Gasteiger partial charge >= 0.3 is 0 Å². The largest absolute Gasteiger partial charge is 0.377 e. The quantitative estimate of drug-likeness (QED) is 0.661. The van der Waals surface area contributed by atoms with Gasteiger partial charge in [0.25, 0.3) is 0 Å². The molecule has 1 saturated heterocycles. The summed E-state index contributed by atoms with van der Waals surface area (Å²) in [6.07, 6.45) is 5.49. The maximum atomic E-state index is 5.68. The molecule has 0 aromatic heterocycles. The Labute approximate surface area is 107 Å². The fraction of sp³-hybridized carbons (Fsp3) is 1.00. The third-order valence-corrected chi connectivity index (χ3v) is 3.62. The van der Waals surface area contributed by atoms with Crippen LogP contribution in [0, 0.1) is 0 Å². The van der Waals surface area contributed by atoms with E-state index in [1.54, 1.807) is 0 Å². The summed E-state index contributed by atoms with van der Waals surface area (Å²) in [7, 11) is 2.22. The van der Waals surface area contributed by atoms with Crippen LogP contribution in [0.3, 0.4) is 0 Å². The third kappa shape index (κ3) is 6.39. The van der Waals surface area contributed by atoms with Crippen molar-refractivity contribution in [2.45, 2.75) is 64.6 Å². The van der Waals surface area contributed by atoms with E-state index in [1.165, 1.54) is 25.7 Å². The number of hydrogen-bond donors (Lipinski definition) is 1. The minimum absolute atomic E-state index is 0.483. The molecule has 0 saturated carbocycles. The van der Waals surface area contributed by atoms with Crippen molar-refractivity contribution < 1.29 is 4.74 Å². The molecule has 2 atom stereocenters. The average Bonchev–Trinajstić information content (AvgIpc) is 2.76. The smallest absolute Gasteiger partial charge is 0.0702 e. The molecule has 3 nitrogen and oxygen atoms in total. The van der Waals surface area contributed by atoms with Gasteiger partial charge in [0.15, 0.2) is 0 Å². The molecule has 0 amide bonds. The van der Waals surface area contributed by atoms with Crippen LogP contribution in [0.15, 0.2) is 0 Å². The highest BCUT2D eigenvalue weighted by molar-refractivity contribution is 4.72. The second kappa shape index (κ2) is 8.06. The summed E-state index contributed by atoms with van der Waals surface area (Å²) in [4.78, 5) is 2.45. The van der Waals surface area contributed by atoms with Crippen LogP contribution >= 0.6 is 0 Å². The Balaban J connectivity index is 2.06. The molecule has 1 N–H and O–H groups in total. The van der Waals surface area contributed by atoms with Gasteiger partial charge in [-0.05, 0) is 46.2 Å². The number of likely N-dealkylation sites (N-methyl/N-ethyl adjacent to an activating group) is 1. The van der Waals surface area contributed by atoms with Gasteiger partial charge in [-0.1, -0.05) is 13.8 Å². The van der Waals surface area contributed by atoms with Gasteiger partial charge in [-0.15, -0.1) is 0 Å². The lowest BCUT2D eigenvalue weighted by molar-refractivity contribution is 0.0689. The zero-order valence-electron chi connectivity index (χ0n) is 12.0. The van der Waals surface area contributed by atoms with E-state index in [0.29, 0.717) is 18.2 Å². The van der Waals surface area contributed by atoms with Gasteiger partial charge in [-0.25, -0.2) is 0 Å². The molecule has 1 heterocycles. The van der Waals surface area contributed by atoms with Crippen molar-refractivity contribution in [1.82, 2.24) is 10.2 Å². The number of nitrogens with one attached hydrogen (secondary N) is 1. The molecular formula is C14H30N2O. The van der Waals surface area contributed by atoms with Crippen LogP contribution in [-0.4, -0.2) is 49.8 Å². The standard InChI is InChI=1S/C14H30N2O/c1-12(2)15-9-5-7-13(3)16(4)11-14-8-6-10-17-14/h12-15H,5-11H2,1-4H3. The van der Waals surface area contributed by atoms with Crippen molar-refractivity contribution in [3.8, 4) is 0 Å². The molecule has 0 radical (unpaired) electrons. The van der Waals surface area contributed by atoms with Crippen molar-refractivity contribution in [2.75, 3.05) is 26.7 Å². The second-order valence-corrected chi connectivity index (χ2v) is 5.67. The van der Waals surface area contributed by atoms with Gasteiger partial charge in [0, 0.05) is 25.2 Å². The number of nitrogens with zero attached hydrogens (tertiary/aromatic N) is 1. The van der Waals surface area contributed by atoms with E-state index in [-0.39, 0.29) is 0 Å². The molecule has 0 spiro atoms. The Kier molecular flexibility index (Phi) is 7.09. The summed E-state index contributed by atoms with van der Waals surface area (Å²) in [5.74, 6) is 0. The lowest BCUT2D eigenvalue weighted by Crippen LogP contribution is -2.36. The van der Waals surface area contributed by atoms with Crippen molar-refractivity contribution in [3.63, 3.8) is 0 Å². The molecule has 1 fully saturated rings. The summed E-state index contributed by atoms with van der Waals surface area (Å²) in [5, 5.41) is 3.47. The maximum Gasteiger partial charge on any atom is 0.0702 e. The first-order valence-electron chi connectivity index (χ1n) is 7.15. The van der Waals surface area contributed by atoms with E-state index >= 15 is 0 Å². The van der Waals surface area contributed by atoms with Crippen molar-refractivity contribution >= 4 is 0 Å². The van der Waals surface area contributed by atoms with Crippen LogP contribution in [0.1, 0.15) is 46.5 Å². The van der Waals surface area contributed by atoms with Crippen LogP contribution in [0.4, 0.5) is 0 Å². The molecular weight excluding hydrogens is 212 g/mol. The van der Waals surface area contributed by atoms with Gasteiger partial charge in [0.2, 0.25) is 0 Å². The summed E-state index contributed by atoms with van der Waals surface area (Å²) in [6.45, 7) is 9.92. The predicted octanol–water partition coefficient (Wildman–Crippen LogP) is 2.26. The molecule has 0 aliphatic carbocycles. The summed E-state index contributed by atoms with van der Waals surface area (Å²) < 4.78 is 5.68. The number of rotatable bonds is 8. The van der Waals surface area contributed by atoms with Crippen LogP contribution in [0.5, 0.6) is 0 Å². The lowest BCUT2D eigenvalue weighted by Gasteiger charge is -2.27. The Morgan fingerprint density at radius 2 is 2.12 bits per heavy atom. The van der Waals surface area contributed by atoms with Crippen LogP contribution < -0.4 is 5.32 Å². The molecule has 1 aliphatic rings. The van der Waals surface area contributed by atoms with Crippen molar-refractivity contribution in [2.24, 2.45) is 0 Å². The van der Waals surface area contributed by atoms with E-state index < -0.39 is 0 Å².